The van der Waals surface area contributed by atoms with Crippen molar-refractivity contribution in [1.82, 2.24) is 0 Å². The molecule has 0 bridgehead atoms. The number of nitrogens with zero attached hydrogens (tertiary/aromatic N) is 2. The fourth-order valence-electron chi connectivity index (χ4n) is 1.11. The molecule has 0 amide bonds. The Morgan fingerprint density at radius 3 is 2.13 bits per heavy atom. The molecule has 0 saturated heterocycles. The van der Waals surface area contributed by atoms with Gasteiger partial charge in [-0.05, 0) is 31.2 Å². The number of alkyl halides is 3. The van der Waals surface area contributed by atoms with E-state index in [0.29, 0.717) is 12.2 Å². The van der Waals surface area contributed by atoms with Crippen LogP contribution in [0.5, 0.6) is 0 Å². The maximum atomic E-state index is 12.2. The fraction of sp³-hybridized carbons (Fsp3) is 0.333. The molecule has 0 saturated carbocycles. The smallest absolute Gasteiger partial charge is 0.230 e. The highest BCUT2D eigenvalue weighted by atomic mass is 19.4. The Morgan fingerprint density at radius 2 is 1.80 bits per heavy atom. The van der Waals surface area contributed by atoms with Gasteiger partial charge in [0.25, 0.3) is 0 Å². The summed E-state index contributed by atoms with van der Waals surface area (Å²) in [5.41, 5.74) is -0.395. The molecule has 1 rings (SSSR count). The van der Waals surface area contributed by atoms with E-state index < -0.39 is 11.7 Å². The van der Waals surface area contributed by atoms with Gasteiger partial charge in [-0.2, -0.15) is 13.2 Å². The summed E-state index contributed by atoms with van der Waals surface area (Å²) < 4.78 is 36.6. The van der Waals surface area contributed by atoms with E-state index >= 15 is 0 Å². The Morgan fingerprint density at radius 1 is 1.27 bits per heavy atom. The standard InChI is InChI=1S/C9H9F3N2O/c1-2-14(13-15)8-5-3-7(4-6-8)9(10,11)12/h3-6H,2H2,1H3. The van der Waals surface area contributed by atoms with Crippen LogP contribution in [0.3, 0.4) is 0 Å². The molecule has 0 aliphatic carbocycles. The Labute approximate surface area is 84.4 Å². The summed E-state index contributed by atoms with van der Waals surface area (Å²) in [5.74, 6) is 0. The van der Waals surface area contributed by atoms with Crippen LogP contribution in [-0.2, 0) is 6.18 Å². The zero-order chi connectivity index (χ0) is 11.5. The highest BCUT2D eigenvalue weighted by Gasteiger charge is 2.30. The van der Waals surface area contributed by atoms with Crippen molar-refractivity contribution >= 4 is 5.69 Å². The summed E-state index contributed by atoms with van der Waals surface area (Å²) in [5, 5.41) is 3.74. The highest BCUT2D eigenvalue weighted by molar-refractivity contribution is 5.46. The van der Waals surface area contributed by atoms with Gasteiger partial charge in [-0.3, -0.25) is 0 Å². The van der Waals surface area contributed by atoms with Crippen molar-refractivity contribution in [2.24, 2.45) is 5.29 Å². The lowest BCUT2D eigenvalue weighted by atomic mass is 10.2. The van der Waals surface area contributed by atoms with E-state index in [0.717, 1.165) is 17.1 Å². The Bertz CT molecular complexity index is 334. The van der Waals surface area contributed by atoms with Crippen molar-refractivity contribution in [3.8, 4) is 0 Å². The summed E-state index contributed by atoms with van der Waals surface area (Å²) >= 11 is 0. The van der Waals surface area contributed by atoms with E-state index in [1.807, 2.05) is 0 Å². The molecular weight excluding hydrogens is 209 g/mol. The van der Waals surface area contributed by atoms with Crippen LogP contribution in [0.15, 0.2) is 29.6 Å². The third-order valence-electron chi connectivity index (χ3n) is 1.89. The van der Waals surface area contributed by atoms with Gasteiger partial charge in [0.2, 0.25) is 0 Å². The first-order valence-corrected chi connectivity index (χ1v) is 4.27. The third-order valence-corrected chi connectivity index (χ3v) is 1.89. The molecule has 0 aliphatic heterocycles. The molecule has 0 unspecified atom stereocenters. The summed E-state index contributed by atoms with van der Waals surface area (Å²) in [6.45, 7) is 1.99. The van der Waals surface area contributed by atoms with Crippen molar-refractivity contribution in [1.29, 1.82) is 0 Å². The first-order chi connectivity index (χ1) is 6.99. The van der Waals surface area contributed by atoms with Crippen molar-refractivity contribution < 1.29 is 13.2 Å². The van der Waals surface area contributed by atoms with Gasteiger partial charge in [-0.1, -0.05) is 0 Å². The largest absolute Gasteiger partial charge is 0.416 e. The van der Waals surface area contributed by atoms with Crippen LogP contribution in [0.25, 0.3) is 0 Å². The summed E-state index contributed by atoms with van der Waals surface area (Å²) in [7, 11) is 0. The number of halogens is 3. The van der Waals surface area contributed by atoms with Crippen LogP contribution in [0, 0.1) is 4.91 Å². The molecule has 0 atom stereocenters. The monoisotopic (exact) mass is 218 g/mol. The van der Waals surface area contributed by atoms with Crippen LogP contribution < -0.4 is 5.01 Å². The van der Waals surface area contributed by atoms with E-state index in [1.54, 1.807) is 6.92 Å². The number of rotatable bonds is 3. The molecule has 0 aromatic heterocycles. The lowest BCUT2D eigenvalue weighted by Crippen LogP contribution is -2.14. The zero-order valence-corrected chi connectivity index (χ0v) is 7.95. The molecule has 3 nitrogen and oxygen atoms in total. The first kappa shape index (κ1) is 11.5. The van der Waals surface area contributed by atoms with Gasteiger partial charge in [0.15, 0.2) is 0 Å². The van der Waals surface area contributed by atoms with Crippen molar-refractivity contribution in [2.45, 2.75) is 13.1 Å². The SMILES string of the molecule is CCN(N=O)c1ccc(C(F)(F)F)cc1. The quantitative estimate of drug-likeness (QED) is 0.576. The average Bonchev–Trinajstić information content (AvgIpc) is 2.19. The molecule has 0 heterocycles. The van der Waals surface area contributed by atoms with Gasteiger partial charge in [0, 0.05) is 6.54 Å². The van der Waals surface area contributed by atoms with Crippen molar-refractivity contribution in [3.63, 3.8) is 0 Å². The highest BCUT2D eigenvalue weighted by Crippen LogP contribution is 2.30. The Kier molecular flexibility index (Phi) is 3.28. The summed E-state index contributed by atoms with van der Waals surface area (Å²) in [6.07, 6.45) is -4.36. The second-order valence-corrected chi connectivity index (χ2v) is 2.84. The lowest BCUT2D eigenvalue weighted by molar-refractivity contribution is -0.137. The molecular formula is C9H9F3N2O. The van der Waals surface area contributed by atoms with Crippen LogP contribution in [0.1, 0.15) is 12.5 Å². The van der Waals surface area contributed by atoms with Crippen molar-refractivity contribution in [3.05, 3.63) is 34.7 Å². The molecule has 1 aromatic rings. The molecule has 82 valence electrons. The fourth-order valence-corrected chi connectivity index (χ4v) is 1.11. The average molecular weight is 218 g/mol. The molecule has 0 fully saturated rings. The minimum atomic E-state index is -4.36. The lowest BCUT2D eigenvalue weighted by Gasteiger charge is -2.13. The molecule has 0 spiro atoms. The number of benzene rings is 1. The van der Waals surface area contributed by atoms with Gasteiger partial charge in [-0.15, -0.1) is 4.91 Å². The number of hydrogen-bond donors (Lipinski definition) is 0. The van der Waals surface area contributed by atoms with Crippen LogP contribution in [0.2, 0.25) is 0 Å². The number of nitroso groups, excluding NO2 is 1. The second kappa shape index (κ2) is 4.29. The van der Waals surface area contributed by atoms with Gasteiger partial charge in [0.05, 0.1) is 16.5 Å². The topological polar surface area (TPSA) is 32.7 Å². The van der Waals surface area contributed by atoms with Crippen LogP contribution in [-0.4, -0.2) is 6.54 Å². The predicted molar refractivity (Wildman–Crippen MR) is 50.3 cm³/mol. The van der Waals surface area contributed by atoms with Crippen molar-refractivity contribution in [2.75, 3.05) is 11.6 Å². The maximum Gasteiger partial charge on any atom is 0.416 e. The molecule has 0 aliphatic rings. The van der Waals surface area contributed by atoms with E-state index in [1.165, 1.54) is 12.1 Å². The minimum Gasteiger partial charge on any atom is -0.230 e. The predicted octanol–water partition coefficient (Wildman–Crippen LogP) is 3.21. The molecule has 0 radical (unpaired) electrons. The van der Waals surface area contributed by atoms with Gasteiger partial charge in [0.1, 0.15) is 0 Å². The van der Waals surface area contributed by atoms with Crippen LogP contribution >= 0.6 is 0 Å². The summed E-state index contributed by atoms with van der Waals surface area (Å²) in [4.78, 5) is 10.3. The van der Waals surface area contributed by atoms with E-state index in [9.17, 15) is 18.1 Å². The third kappa shape index (κ3) is 2.68. The van der Waals surface area contributed by atoms with Gasteiger partial charge in [-0.25, -0.2) is 5.01 Å². The molecule has 1 aromatic carbocycles. The molecule has 0 N–H and O–H groups in total. The van der Waals surface area contributed by atoms with E-state index in [-0.39, 0.29) is 0 Å². The van der Waals surface area contributed by atoms with E-state index in [2.05, 4.69) is 5.29 Å². The Hall–Kier alpha value is -1.59. The normalized spacial score (nSPS) is 11.2. The summed E-state index contributed by atoms with van der Waals surface area (Å²) in [6, 6.07) is 4.27. The van der Waals surface area contributed by atoms with Crippen LogP contribution in [0.4, 0.5) is 18.9 Å². The Balaban J connectivity index is 2.94. The zero-order valence-electron chi connectivity index (χ0n) is 7.95. The molecule has 6 heteroatoms. The molecule has 15 heavy (non-hydrogen) atoms. The minimum absolute atomic E-state index is 0.314. The van der Waals surface area contributed by atoms with E-state index in [4.69, 9.17) is 0 Å². The maximum absolute atomic E-state index is 12.2. The van der Waals surface area contributed by atoms with Gasteiger partial charge >= 0.3 is 6.18 Å². The number of anilines is 1. The second-order valence-electron chi connectivity index (χ2n) is 2.84. The number of hydrogen-bond acceptors (Lipinski definition) is 2. The first-order valence-electron chi connectivity index (χ1n) is 4.27. The van der Waals surface area contributed by atoms with Gasteiger partial charge < -0.3 is 0 Å².